The highest BCUT2D eigenvalue weighted by Crippen LogP contribution is 2.21. The van der Waals surface area contributed by atoms with Crippen molar-refractivity contribution in [3.63, 3.8) is 0 Å². The molecule has 0 radical (unpaired) electrons. The van der Waals surface area contributed by atoms with Gasteiger partial charge in [0.25, 0.3) is 5.91 Å². The van der Waals surface area contributed by atoms with Gasteiger partial charge in [0.05, 0.1) is 0 Å². The van der Waals surface area contributed by atoms with Crippen LogP contribution in [0.5, 0.6) is 0 Å². The molecule has 1 aromatic carbocycles. The number of anilines is 3. The monoisotopic (exact) mass is 388 g/mol. The van der Waals surface area contributed by atoms with Gasteiger partial charge in [-0.2, -0.15) is 0 Å². The first-order valence-electron chi connectivity index (χ1n) is 9.86. The van der Waals surface area contributed by atoms with Gasteiger partial charge in [-0.15, -0.1) is 0 Å². The van der Waals surface area contributed by atoms with Crippen LogP contribution in [0.1, 0.15) is 17.4 Å². The van der Waals surface area contributed by atoms with E-state index in [-0.39, 0.29) is 5.91 Å². The maximum absolute atomic E-state index is 13.1. The molecule has 1 aliphatic rings. The van der Waals surface area contributed by atoms with Crippen LogP contribution in [0.3, 0.4) is 0 Å². The largest absolute Gasteiger partial charge is 0.368 e. The van der Waals surface area contributed by atoms with E-state index in [4.69, 9.17) is 0 Å². The SMILES string of the molecule is CCN(C(=O)c1cc(N2CCN(c3ncccn3)CC2)ccn1)c1ccccc1. The van der Waals surface area contributed by atoms with Gasteiger partial charge in [-0.1, -0.05) is 18.2 Å². The molecule has 0 bridgehead atoms. The van der Waals surface area contributed by atoms with Crippen LogP contribution < -0.4 is 14.7 Å². The Balaban J connectivity index is 1.47. The zero-order valence-corrected chi connectivity index (χ0v) is 16.5. The van der Waals surface area contributed by atoms with E-state index >= 15 is 0 Å². The van der Waals surface area contributed by atoms with Crippen LogP contribution in [-0.4, -0.2) is 53.6 Å². The fourth-order valence-corrected chi connectivity index (χ4v) is 3.54. The van der Waals surface area contributed by atoms with Gasteiger partial charge in [-0.25, -0.2) is 9.97 Å². The van der Waals surface area contributed by atoms with Gasteiger partial charge in [-0.05, 0) is 37.3 Å². The minimum Gasteiger partial charge on any atom is -0.368 e. The average Bonchev–Trinajstić information content (AvgIpc) is 2.81. The fraction of sp³-hybridized carbons (Fsp3) is 0.273. The standard InChI is InChI=1S/C22H24N6O/c1-2-28(18-7-4-3-5-8-18)21(29)20-17-19(9-12-23-20)26-13-15-27(16-14-26)22-24-10-6-11-25-22/h3-12,17H,2,13-16H2,1H3. The van der Waals surface area contributed by atoms with E-state index in [9.17, 15) is 4.79 Å². The van der Waals surface area contributed by atoms with Crippen LogP contribution in [0.2, 0.25) is 0 Å². The van der Waals surface area contributed by atoms with Crippen LogP contribution in [0.15, 0.2) is 67.1 Å². The third kappa shape index (κ3) is 4.18. The number of hydrogen-bond donors (Lipinski definition) is 0. The van der Waals surface area contributed by atoms with Gasteiger partial charge in [0.2, 0.25) is 5.95 Å². The minimum atomic E-state index is -0.0862. The molecule has 7 nitrogen and oxygen atoms in total. The summed E-state index contributed by atoms with van der Waals surface area (Å²) >= 11 is 0. The molecular weight excluding hydrogens is 364 g/mol. The van der Waals surface area contributed by atoms with Crippen molar-refractivity contribution < 1.29 is 4.79 Å². The second-order valence-electron chi connectivity index (χ2n) is 6.81. The number of benzene rings is 1. The second-order valence-corrected chi connectivity index (χ2v) is 6.81. The van der Waals surface area contributed by atoms with Crippen LogP contribution in [0.4, 0.5) is 17.3 Å². The molecule has 0 N–H and O–H groups in total. The number of piperazine rings is 1. The fourth-order valence-electron chi connectivity index (χ4n) is 3.54. The first kappa shape index (κ1) is 18.9. The van der Waals surface area contributed by atoms with Crippen LogP contribution in [0, 0.1) is 0 Å². The summed E-state index contributed by atoms with van der Waals surface area (Å²) in [5.74, 6) is 0.677. The Labute approximate surface area is 170 Å². The zero-order valence-electron chi connectivity index (χ0n) is 16.5. The molecule has 148 valence electrons. The Morgan fingerprint density at radius 2 is 1.59 bits per heavy atom. The molecular formula is C22H24N6O. The van der Waals surface area contributed by atoms with Crippen LogP contribution in [0.25, 0.3) is 0 Å². The van der Waals surface area contributed by atoms with Crippen molar-refractivity contribution in [2.24, 2.45) is 0 Å². The van der Waals surface area contributed by atoms with E-state index < -0.39 is 0 Å². The highest BCUT2D eigenvalue weighted by atomic mass is 16.2. The summed E-state index contributed by atoms with van der Waals surface area (Å²) in [6.07, 6.45) is 5.25. The van der Waals surface area contributed by atoms with Gasteiger partial charge in [0, 0.05) is 62.7 Å². The number of pyridine rings is 1. The van der Waals surface area contributed by atoms with E-state index in [1.54, 1.807) is 23.5 Å². The van der Waals surface area contributed by atoms with Crippen molar-refractivity contribution in [2.45, 2.75) is 6.92 Å². The third-order valence-corrected chi connectivity index (χ3v) is 5.07. The maximum atomic E-state index is 13.1. The van der Waals surface area contributed by atoms with E-state index in [1.165, 1.54) is 0 Å². The summed E-state index contributed by atoms with van der Waals surface area (Å²) in [5.41, 5.74) is 2.35. The number of rotatable bonds is 5. The molecule has 0 spiro atoms. The van der Waals surface area contributed by atoms with Crippen molar-refractivity contribution >= 4 is 23.2 Å². The molecule has 7 heteroatoms. The molecule has 1 amide bonds. The molecule has 3 heterocycles. The lowest BCUT2D eigenvalue weighted by atomic mass is 10.2. The Kier molecular flexibility index (Phi) is 5.65. The molecule has 0 saturated carbocycles. The molecule has 0 unspecified atom stereocenters. The summed E-state index contributed by atoms with van der Waals surface area (Å²) in [5, 5.41) is 0. The predicted octanol–water partition coefficient (Wildman–Crippen LogP) is 2.86. The van der Waals surface area contributed by atoms with Gasteiger partial charge >= 0.3 is 0 Å². The van der Waals surface area contributed by atoms with Crippen LogP contribution >= 0.6 is 0 Å². The highest BCUT2D eigenvalue weighted by Gasteiger charge is 2.22. The molecule has 1 fully saturated rings. The Bertz CT molecular complexity index is 942. The van der Waals surface area contributed by atoms with Crippen LogP contribution in [-0.2, 0) is 0 Å². The average molecular weight is 388 g/mol. The third-order valence-electron chi connectivity index (χ3n) is 5.07. The molecule has 1 saturated heterocycles. The summed E-state index contributed by atoms with van der Waals surface area (Å²) in [6.45, 7) is 5.91. The molecule has 4 rings (SSSR count). The Hall–Kier alpha value is -3.48. The number of aromatic nitrogens is 3. The lowest BCUT2D eigenvalue weighted by molar-refractivity contribution is 0.0983. The second kappa shape index (κ2) is 8.68. The van der Waals surface area contributed by atoms with Gasteiger partial charge in [-0.3, -0.25) is 9.78 Å². The number of hydrogen-bond acceptors (Lipinski definition) is 6. The van der Waals surface area contributed by atoms with Crippen molar-refractivity contribution in [2.75, 3.05) is 47.4 Å². The van der Waals surface area contributed by atoms with Crippen molar-refractivity contribution in [3.8, 4) is 0 Å². The summed E-state index contributed by atoms with van der Waals surface area (Å²) in [7, 11) is 0. The van der Waals surface area contributed by atoms with Crippen molar-refractivity contribution in [1.82, 2.24) is 15.0 Å². The summed E-state index contributed by atoms with van der Waals surface area (Å²) < 4.78 is 0. The maximum Gasteiger partial charge on any atom is 0.276 e. The van der Waals surface area contributed by atoms with E-state index in [0.717, 1.165) is 43.5 Å². The minimum absolute atomic E-state index is 0.0862. The lowest BCUT2D eigenvalue weighted by Gasteiger charge is -2.36. The van der Waals surface area contributed by atoms with Gasteiger partial charge in [0.15, 0.2) is 0 Å². The topological polar surface area (TPSA) is 65.5 Å². The normalized spacial score (nSPS) is 14.0. The number of nitrogens with zero attached hydrogens (tertiary/aromatic N) is 6. The molecule has 29 heavy (non-hydrogen) atoms. The Morgan fingerprint density at radius 3 is 2.28 bits per heavy atom. The molecule has 0 aliphatic carbocycles. The zero-order chi connectivity index (χ0) is 20.1. The first-order valence-corrected chi connectivity index (χ1v) is 9.86. The smallest absolute Gasteiger partial charge is 0.276 e. The predicted molar refractivity (Wildman–Crippen MR) is 114 cm³/mol. The highest BCUT2D eigenvalue weighted by molar-refractivity contribution is 6.05. The molecule has 1 aliphatic heterocycles. The van der Waals surface area contributed by atoms with E-state index in [1.807, 2.05) is 55.5 Å². The Morgan fingerprint density at radius 1 is 0.897 bits per heavy atom. The first-order chi connectivity index (χ1) is 14.3. The quantitative estimate of drug-likeness (QED) is 0.670. The van der Waals surface area contributed by atoms with E-state index in [0.29, 0.717) is 12.2 Å². The number of carbonyl (C=O) groups excluding carboxylic acids is 1. The number of amides is 1. The van der Waals surface area contributed by atoms with Gasteiger partial charge in [0.1, 0.15) is 5.69 Å². The summed E-state index contributed by atoms with van der Waals surface area (Å²) in [6, 6.07) is 15.4. The molecule has 3 aromatic rings. The number of para-hydroxylation sites is 1. The van der Waals surface area contributed by atoms with Gasteiger partial charge < -0.3 is 14.7 Å². The van der Waals surface area contributed by atoms with Crippen molar-refractivity contribution in [3.05, 3.63) is 72.8 Å². The molecule has 2 aromatic heterocycles. The van der Waals surface area contributed by atoms with Crippen molar-refractivity contribution in [1.29, 1.82) is 0 Å². The van der Waals surface area contributed by atoms with E-state index in [2.05, 4.69) is 24.8 Å². The lowest BCUT2D eigenvalue weighted by Crippen LogP contribution is -2.47. The summed E-state index contributed by atoms with van der Waals surface area (Å²) in [4.78, 5) is 32.3. The number of carbonyl (C=O) groups is 1. The molecule has 0 atom stereocenters.